The molecule has 0 spiro atoms. The molecule has 34 heavy (non-hydrogen) atoms. The molecule has 0 saturated heterocycles. The average molecular weight is 467 g/mol. The van der Waals surface area contributed by atoms with E-state index in [0.717, 1.165) is 0 Å². The second-order valence-electron chi connectivity index (χ2n) is 7.04. The van der Waals surface area contributed by atoms with Gasteiger partial charge in [-0.3, -0.25) is 4.79 Å². The number of rotatable bonds is 9. The maximum absolute atomic E-state index is 12.7. The van der Waals surface area contributed by atoms with E-state index < -0.39 is 11.9 Å². The molecule has 3 aromatic rings. The van der Waals surface area contributed by atoms with Crippen molar-refractivity contribution in [3.05, 3.63) is 52.9 Å². The molecule has 2 aromatic heterocycles. The Balaban J connectivity index is 2.13. The number of nitrogens with zero attached hydrogens (tertiary/aromatic N) is 2. The summed E-state index contributed by atoms with van der Waals surface area (Å²) < 4.78 is 21.1. The lowest BCUT2D eigenvalue weighted by molar-refractivity contribution is 0.0517. The molecule has 3 rings (SSSR count). The Morgan fingerprint density at radius 3 is 2.24 bits per heavy atom. The minimum Gasteiger partial charge on any atom is -0.497 e. The molecule has 0 amide bonds. The number of anilines is 2. The first kappa shape index (κ1) is 24.4. The number of hydrogen-bond acceptors (Lipinski definition) is 10. The van der Waals surface area contributed by atoms with E-state index in [1.807, 2.05) is 0 Å². The minimum atomic E-state index is -0.742. The molecule has 0 radical (unpaired) electrons. The first-order chi connectivity index (χ1) is 16.3. The lowest BCUT2D eigenvalue weighted by atomic mass is 10.1. The van der Waals surface area contributed by atoms with Gasteiger partial charge >= 0.3 is 11.9 Å². The van der Waals surface area contributed by atoms with Crippen LogP contribution in [0.1, 0.15) is 57.6 Å². The maximum Gasteiger partial charge on any atom is 0.344 e. The fourth-order valence-electron chi connectivity index (χ4n) is 3.28. The molecular weight excluding hydrogens is 442 g/mol. The third-order valence-electron chi connectivity index (χ3n) is 4.78. The molecule has 0 aliphatic heterocycles. The van der Waals surface area contributed by atoms with E-state index in [1.54, 1.807) is 52.1 Å². The molecule has 10 heteroatoms. The second kappa shape index (κ2) is 10.6. The van der Waals surface area contributed by atoms with Crippen LogP contribution in [0.4, 0.5) is 11.7 Å². The van der Waals surface area contributed by atoms with Crippen molar-refractivity contribution in [1.82, 2.24) is 9.97 Å². The number of nitrogens with one attached hydrogen (secondary N) is 1. The van der Waals surface area contributed by atoms with Crippen LogP contribution in [-0.2, 0) is 9.47 Å². The quantitative estimate of drug-likeness (QED) is 0.358. The van der Waals surface area contributed by atoms with E-state index in [9.17, 15) is 14.4 Å². The van der Waals surface area contributed by atoms with Crippen molar-refractivity contribution in [2.45, 2.75) is 27.7 Å². The highest BCUT2D eigenvalue weighted by Crippen LogP contribution is 2.32. The first-order valence-electron chi connectivity index (χ1n) is 10.6. The van der Waals surface area contributed by atoms with Gasteiger partial charge in [0.15, 0.2) is 17.4 Å². The minimum absolute atomic E-state index is 0.0207. The number of aromatic nitrogens is 2. The molecule has 178 valence electrons. The van der Waals surface area contributed by atoms with Gasteiger partial charge in [0.1, 0.15) is 22.6 Å². The molecular formula is C24H25N3O7. The van der Waals surface area contributed by atoms with E-state index in [0.29, 0.717) is 17.1 Å². The van der Waals surface area contributed by atoms with Gasteiger partial charge in [0.2, 0.25) is 5.88 Å². The third kappa shape index (κ3) is 5.06. The number of carbonyl (C=O) groups excluding carboxylic acids is 3. The predicted molar refractivity (Wildman–Crippen MR) is 123 cm³/mol. The summed E-state index contributed by atoms with van der Waals surface area (Å²) in [5.74, 6) is -0.643. The molecule has 0 unspecified atom stereocenters. The summed E-state index contributed by atoms with van der Waals surface area (Å²) in [6.45, 7) is 6.44. The van der Waals surface area contributed by atoms with Crippen molar-refractivity contribution in [2.75, 3.05) is 25.6 Å². The largest absolute Gasteiger partial charge is 0.497 e. The van der Waals surface area contributed by atoms with Gasteiger partial charge in [-0.2, -0.15) is 0 Å². The number of benzene rings is 1. The zero-order valence-corrected chi connectivity index (χ0v) is 19.6. The van der Waals surface area contributed by atoms with Crippen LogP contribution >= 0.6 is 0 Å². The van der Waals surface area contributed by atoms with E-state index in [2.05, 4.69) is 15.3 Å². The Kier molecular flexibility index (Phi) is 7.62. The number of methoxy groups -OCH3 is 1. The molecule has 2 heterocycles. The van der Waals surface area contributed by atoms with Gasteiger partial charge < -0.3 is 23.9 Å². The predicted octanol–water partition coefficient (Wildman–Crippen LogP) is 4.35. The molecule has 0 bridgehead atoms. The van der Waals surface area contributed by atoms with Crippen molar-refractivity contribution in [2.24, 2.45) is 0 Å². The Morgan fingerprint density at radius 2 is 1.65 bits per heavy atom. The molecule has 0 fully saturated rings. The second-order valence-corrected chi connectivity index (χ2v) is 7.04. The summed E-state index contributed by atoms with van der Waals surface area (Å²) in [6.07, 6.45) is 1.32. The lowest BCUT2D eigenvalue weighted by Gasteiger charge is -2.12. The smallest absolute Gasteiger partial charge is 0.344 e. The van der Waals surface area contributed by atoms with Gasteiger partial charge in [0.05, 0.1) is 25.9 Å². The molecule has 1 aromatic carbocycles. The van der Waals surface area contributed by atoms with Crippen molar-refractivity contribution < 1.29 is 33.0 Å². The highest BCUT2D eigenvalue weighted by Gasteiger charge is 2.29. The summed E-state index contributed by atoms with van der Waals surface area (Å²) in [5.41, 5.74) is 0.687. The molecule has 0 atom stereocenters. The van der Waals surface area contributed by atoms with E-state index >= 15 is 0 Å². The number of ether oxygens (including phenoxy) is 3. The van der Waals surface area contributed by atoms with E-state index in [-0.39, 0.29) is 53.1 Å². The number of ketones is 1. The standard InChI is InChI=1S/C24H25N3O7/c1-6-32-23(29)17-12-25-20(15-8-10-16(31-5)11-9-15)26-21(17)27-22-19(24(30)33-7-2)18(13(3)28)14(4)34-22/h8-12H,6-7H2,1-5H3,(H,25,26,27). The number of aryl methyl sites for hydroxylation is 1. The van der Waals surface area contributed by atoms with Gasteiger partial charge in [0.25, 0.3) is 0 Å². The van der Waals surface area contributed by atoms with Crippen molar-refractivity contribution in [3.63, 3.8) is 0 Å². The van der Waals surface area contributed by atoms with E-state index in [4.69, 9.17) is 18.6 Å². The van der Waals surface area contributed by atoms with Crippen LogP contribution in [0.3, 0.4) is 0 Å². The topological polar surface area (TPSA) is 130 Å². The Labute approximate surface area is 196 Å². The summed E-state index contributed by atoms with van der Waals surface area (Å²) in [4.78, 5) is 46.2. The first-order valence-corrected chi connectivity index (χ1v) is 10.6. The van der Waals surface area contributed by atoms with Crippen LogP contribution in [0.2, 0.25) is 0 Å². The summed E-state index contributed by atoms with van der Waals surface area (Å²) >= 11 is 0. The zero-order chi connectivity index (χ0) is 24.8. The van der Waals surface area contributed by atoms with Gasteiger partial charge in [-0.15, -0.1) is 0 Å². The summed E-state index contributed by atoms with van der Waals surface area (Å²) in [6, 6.07) is 7.02. The van der Waals surface area contributed by atoms with Crippen molar-refractivity contribution in [1.29, 1.82) is 0 Å². The van der Waals surface area contributed by atoms with Crippen LogP contribution < -0.4 is 10.1 Å². The van der Waals surface area contributed by atoms with Gasteiger partial charge in [0, 0.05) is 11.8 Å². The Bertz CT molecular complexity index is 1220. The Hall–Kier alpha value is -4.21. The van der Waals surface area contributed by atoms with Crippen molar-refractivity contribution >= 4 is 29.4 Å². The number of Topliss-reactive ketones (excluding diaryl/α,β-unsaturated/α-hetero) is 1. The normalized spacial score (nSPS) is 10.5. The number of hydrogen-bond donors (Lipinski definition) is 1. The SMILES string of the molecule is CCOC(=O)c1cnc(-c2ccc(OC)cc2)nc1Nc1oc(C)c(C(C)=O)c1C(=O)OCC. The van der Waals surface area contributed by atoms with Crippen LogP contribution in [0, 0.1) is 6.92 Å². The molecule has 1 N–H and O–H groups in total. The number of furan rings is 1. The maximum atomic E-state index is 12.7. The zero-order valence-electron chi connectivity index (χ0n) is 19.6. The van der Waals surface area contributed by atoms with Crippen molar-refractivity contribution in [3.8, 4) is 17.1 Å². The fourth-order valence-corrected chi connectivity index (χ4v) is 3.28. The molecule has 0 aliphatic rings. The van der Waals surface area contributed by atoms with Crippen LogP contribution in [-0.4, -0.2) is 48.0 Å². The van der Waals surface area contributed by atoms with Gasteiger partial charge in [-0.25, -0.2) is 19.6 Å². The van der Waals surface area contributed by atoms with Crippen LogP contribution in [0.25, 0.3) is 11.4 Å². The highest BCUT2D eigenvalue weighted by atomic mass is 16.5. The summed E-state index contributed by atoms with van der Waals surface area (Å²) in [5, 5.41) is 2.87. The highest BCUT2D eigenvalue weighted by molar-refractivity contribution is 6.09. The van der Waals surface area contributed by atoms with Gasteiger partial charge in [-0.1, -0.05) is 0 Å². The Morgan fingerprint density at radius 1 is 1.00 bits per heavy atom. The van der Waals surface area contributed by atoms with Crippen LogP contribution in [0.15, 0.2) is 34.9 Å². The molecule has 0 saturated carbocycles. The number of esters is 2. The lowest BCUT2D eigenvalue weighted by Crippen LogP contribution is -2.14. The van der Waals surface area contributed by atoms with Gasteiger partial charge in [-0.05, 0) is 52.0 Å². The third-order valence-corrected chi connectivity index (χ3v) is 4.78. The average Bonchev–Trinajstić information content (AvgIpc) is 3.15. The molecule has 10 nitrogen and oxygen atoms in total. The van der Waals surface area contributed by atoms with E-state index in [1.165, 1.54) is 13.1 Å². The van der Waals surface area contributed by atoms with Crippen LogP contribution in [0.5, 0.6) is 5.75 Å². The number of carbonyl (C=O) groups is 3. The molecule has 0 aliphatic carbocycles. The summed E-state index contributed by atoms with van der Waals surface area (Å²) in [7, 11) is 1.56. The fraction of sp³-hybridized carbons (Fsp3) is 0.292. The monoisotopic (exact) mass is 467 g/mol.